The third-order valence-corrected chi connectivity index (χ3v) is 4.27. The van der Waals surface area contributed by atoms with Gasteiger partial charge in [0.25, 0.3) is 0 Å². The average molecular weight is 357 g/mol. The summed E-state index contributed by atoms with van der Waals surface area (Å²) in [5.74, 6) is -0.908. The number of hydrogen-bond donors (Lipinski definition) is 2. The standard InChI is InChI=1S/C17H22F3N3O2/c18-17(19,20)14-6-2-1-4-12(14)7-8-22-16(25)13-5-3-9-23(10-13)11-15(21)24/h1-2,4,6,13H,3,5,7-11H2,(H2,21,24)(H,22,25)/t13-/m0/s1. The van der Waals surface area contributed by atoms with E-state index in [1.807, 2.05) is 4.90 Å². The number of amides is 2. The first-order valence-electron chi connectivity index (χ1n) is 8.21. The monoisotopic (exact) mass is 357 g/mol. The average Bonchev–Trinajstić information content (AvgIpc) is 2.54. The van der Waals surface area contributed by atoms with Crippen LogP contribution in [-0.2, 0) is 22.2 Å². The van der Waals surface area contributed by atoms with Crippen LogP contribution in [0.2, 0.25) is 0 Å². The fraction of sp³-hybridized carbons (Fsp3) is 0.529. The third-order valence-electron chi connectivity index (χ3n) is 4.27. The van der Waals surface area contributed by atoms with Crippen molar-refractivity contribution in [3.63, 3.8) is 0 Å². The van der Waals surface area contributed by atoms with E-state index in [0.29, 0.717) is 19.5 Å². The number of nitrogens with two attached hydrogens (primary N) is 1. The van der Waals surface area contributed by atoms with Gasteiger partial charge >= 0.3 is 6.18 Å². The number of benzene rings is 1. The van der Waals surface area contributed by atoms with E-state index < -0.39 is 17.6 Å². The minimum Gasteiger partial charge on any atom is -0.369 e. The molecule has 1 atom stereocenters. The Balaban J connectivity index is 1.86. The summed E-state index contributed by atoms with van der Waals surface area (Å²) < 4.78 is 38.8. The molecular weight excluding hydrogens is 335 g/mol. The molecule has 1 aromatic rings. The zero-order chi connectivity index (χ0) is 18.4. The molecule has 0 aliphatic carbocycles. The highest BCUT2D eigenvalue weighted by Crippen LogP contribution is 2.31. The molecule has 1 aliphatic rings. The third kappa shape index (κ3) is 5.74. The van der Waals surface area contributed by atoms with Gasteiger partial charge in [-0.15, -0.1) is 0 Å². The van der Waals surface area contributed by atoms with Gasteiger partial charge in [0.2, 0.25) is 11.8 Å². The van der Waals surface area contributed by atoms with Gasteiger partial charge in [-0.2, -0.15) is 13.2 Å². The van der Waals surface area contributed by atoms with Crippen LogP contribution in [-0.4, -0.2) is 42.9 Å². The van der Waals surface area contributed by atoms with E-state index in [1.54, 1.807) is 6.07 Å². The molecule has 1 aliphatic heterocycles. The van der Waals surface area contributed by atoms with Gasteiger partial charge < -0.3 is 11.1 Å². The molecule has 3 N–H and O–H groups in total. The van der Waals surface area contributed by atoms with Gasteiger partial charge in [-0.1, -0.05) is 18.2 Å². The van der Waals surface area contributed by atoms with Crippen molar-refractivity contribution in [3.05, 3.63) is 35.4 Å². The van der Waals surface area contributed by atoms with Gasteiger partial charge in [-0.05, 0) is 37.4 Å². The molecule has 8 heteroatoms. The molecule has 5 nitrogen and oxygen atoms in total. The van der Waals surface area contributed by atoms with E-state index in [-0.39, 0.29) is 36.9 Å². The summed E-state index contributed by atoms with van der Waals surface area (Å²) in [7, 11) is 0. The van der Waals surface area contributed by atoms with Crippen molar-refractivity contribution in [2.45, 2.75) is 25.4 Å². The predicted molar refractivity (Wildman–Crippen MR) is 86.5 cm³/mol. The molecule has 0 aromatic heterocycles. The number of hydrogen-bond acceptors (Lipinski definition) is 3. The van der Waals surface area contributed by atoms with Crippen molar-refractivity contribution in [1.82, 2.24) is 10.2 Å². The van der Waals surface area contributed by atoms with E-state index in [0.717, 1.165) is 12.5 Å². The summed E-state index contributed by atoms with van der Waals surface area (Å²) in [5, 5.41) is 2.70. The fourth-order valence-electron chi connectivity index (χ4n) is 3.11. The second-order valence-electron chi connectivity index (χ2n) is 6.24. The maximum atomic E-state index is 12.9. The highest BCUT2D eigenvalue weighted by molar-refractivity contribution is 5.79. The zero-order valence-corrected chi connectivity index (χ0v) is 13.8. The molecule has 0 bridgehead atoms. The topological polar surface area (TPSA) is 75.4 Å². The van der Waals surface area contributed by atoms with Crippen LogP contribution in [0, 0.1) is 5.92 Å². The smallest absolute Gasteiger partial charge is 0.369 e. The molecule has 25 heavy (non-hydrogen) atoms. The van der Waals surface area contributed by atoms with Gasteiger partial charge in [0.05, 0.1) is 18.0 Å². The van der Waals surface area contributed by atoms with Crippen molar-refractivity contribution < 1.29 is 22.8 Å². The van der Waals surface area contributed by atoms with Crippen molar-refractivity contribution in [3.8, 4) is 0 Å². The lowest BCUT2D eigenvalue weighted by Crippen LogP contribution is -2.46. The number of alkyl halides is 3. The van der Waals surface area contributed by atoms with Gasteiger partial charge in [0, 0.05) is 13.1 Å². The summed E-state index contributed by atoms with van der Waals surface area (Å²) in [6.45, 7) is 1.40. The lowest BCUT2D eigenvalue weighted by Gasteiger charge is -2.31. The molecule has 138 valence electrons. The van der Waals surface area contributed by atoms with Crippen molar-refractivity contribution >= 4 is 11.8 Å². The zero-order valence-electron chi connectivity index (χ0n) is 13.8. The molecule has 0 spiro atoms. The minimum absolute atomic E-state index is 0.110. The first-order chi connectivity index (χ1) is 11.8. The molecule has 0 radical (unpaired) electrons. The highest BCUT2D eigenvalue weighted by Gasteiger charge is 2.32. The molecule has 2 rings (SSSR count). The number of nitrogens with one attached hydrogen (secondary N) is 1. The molecule has 1 aromatic carbocycles. The van der Waals surface area contributed by atoms with Crippen LogP contribution in [0.15, 0.2) is 24.3 Å². The maximum Gasteiger partial charge on any atom is 0.416 e. The largest absolute Gasteiger partial charge is 0.416 e. The van der Waals surface area contributed by atoms with E-state index in [4.69, 9.17) is 5.73 Å². The number of carbonyl (C=O) groups is 2. The Hall–Kier alpha value is -2.09. The van der Waals surface area contributed by atoms with E-state index in [9.17, 15) is 22.8 Å². The molecule has 1 fully saturated rings. The van der Waals surface area contributed by atoms with Gasteiger partial charge in [0.15, 0.2) is 0 Å². The Morgan fingerprint density at radius 2 is 2.00 bits per heavy atom. The summed E-state index contributed by atoms with van der Waals surface area (Å²) in [6.07, 6.45) is -2.82. The van der Waals surface area contributed by atoms with Crippen LogP contribution >= 0.6 is 0 Å². The van der Waals surface area contributed by atoms with Gasteiger partial charge in [-0.3, -0.25) is 14.5 Å². The van der Waals surface area contributed by atoms with E-state index in [1.165, 1.54) is 12.1 Å². The van der Waals surface area contributed by atoms with Crippen molar-refractivity contribution in [2.24, 2.45) is 11.7 Å². The van der Waals surface area contributed by atoms with Crippen LogP contribution in [0.5, 0.6) is 0 Å². The van der Waals surface area contributed by atoms with Crippen molar-refractivity contribution in [1.29, 1.82) is 0 Å². The van der Waals surface area contributed by atoms with Crippen LogP contribution in [0.1, 0.15) is 24.0 Å². The first kappa shape index (κ1) is 19.2. The number of carbonyl (C=O) groups excluding carboxylic acids is 2. The Kier molecular flexibility index (Phi) is 6.41. The Bertz CT molecular complexity index is 619. The number of nitrogens with zero attached hydrogens (tertiary/aromatic N) is 1. The minimum atomic E-state index is -4.40. The lowest BCUT2D eigenvalue weighted by molar-refractivity contribution is -0.138. The van der Waals surface area contributed by atoms with Crippen LogP contribution in [0.3, 0.4) is 0 Å². The van der Waals surface area contributed by atoms with E-state index in [2.05, 4.69) is 5.32 Å². The van der Waals surface area contributed by atoms with E-state index >= 15 is 0 Å². The lowest BCUT2D eigenvalue weighted by atomic mass is 9.97. The predicted octanol–water partition coefficient (Wildman–Crippen LogP) is 1.56. The Morgan fingerprint density at radius 3 is 2.68 bits per heavy atom. The summed E-state index contributed by atoms with van der Waals surface area (Å²) in [5.41, 5.74) is 4.66. The van der Waals surface area contributed by atoms with Crippen LogP contribution in [0.4, 0.5) is 13.2 Å². The molecule has 1 heterocycles. The number of halogens is 3. The highest BCUT2D eigenvalue weighted by atomic mass is 19.4. The Morgan fingerprint density at radius 1 is 1.28 bits per heavy atom. The molecule has 2 amide bonds. The number of primary amides is 1. The second kappa shape index (κ2) is 8.33. The SMILES string of the molecule is NC(=O)CN1CCC[C@H](C(=O)NCCc2ccccc2C(F)(F)F)C1. The second-order valence-corrected chi connectivity index (χ2v) is 6.24. The fourth-order valence-corrected chi connectivity index (χ4v) is 3.11. The summed E-state index contributed by atoms with van der Waals surface area (Å²) in [6, 6.07) is 5.36. The molecule has 1 saturated heterocycles. The van der Waals surface area contributed by atoms with Crippen LogP contribution < -0.4 is 11.1 Å². The number of rotatable bonds is 6. The normalized spacial score (nSPS) is 18.8. The maximum absolute atomic E-state index is 12.9. The summed E-state index contributed by atoms with van der Waals surface area (Å²) >= 11 is 0. The number of piperidine rings is 1. The molecule has 0 unspecified atom stereocenters. The first-order valence-corrected chi connectivity index (χ1v) is 8.21. The van der Waals surface area contributed by atoms with Gasteiger partial charge in [-0.25, -0.2) is 0 Å². The molecule has 0 saturated carbocycles. The molecular formula is C17H22F3N3O2. The Labute approximate surface area is 144 Å². The quantitative estimate of drug-likeness (QED) is 0.811. The van der Waals surface area contributed by atoms with Crippen LogP contribution in [0.25, 0.3) is 0 Å². The number of likely N-dealkylation sites (tertiary alicyclic amines) is 1. The van der Waals surface area contributed by atoms with Gasteiger partial charge in [0.1, 0.15) is 0 Å². The van der Waals surface area contributed by atoms with Crippen molar-refractivity contribution in [2.75, 3.05) is 26.2 Å². The summed E-state index contributed by atoms with van der Waals surface area (Å²) in [4.78, 5) is 25.0.